The number of esters is 3. The van der Waals surface area contributed by atoms with Crippen LogP contribution in [0.3, 0.4) is 0 Å². The first-order valence-electron chi connectivity index (χ1n) is 14.9. The predicted octanol–water partition coefficient (Wildman–Crippen LogP) is 3.63. The Morgan fingerprint density at radius 1 is 1.02 bits per heavy atom. The van der Waals surface area contributed by atoms with Crippen LogP contribution in [0.2, 0.25) is 0 Å². The summed E-state index contributed by atoms with van der Waals surface area (Å²) in [7, 11) is 1.40. The van der Waals surface area contributed by atoms with Gasteiger partial charge < -0.3 is 33.7 Å². The molecule has 1 aromatic rings. The Morgan fingerprint density at radius 2 is 1.74 bits per heavy atom. The number of cyclic esters (lactones) is 1. The van der Waals surface area contributed by atoms with Crippen molar-refractivity contribution >= 4 is 23.8 Å². The molecule has 0 aromatic carbocycles. The number of methoxy groups -OCH3 is 1. The number of carbonyl (C=O) groups is 4. The molecule has 0 unspecified atom stereocenters. The molecule has 2 aliphatic carbocycles. The first-order valence-corrected chi connectivity index (χ1v) is 14.9. The average molecular weight is 591 g/mol. The molecule has 0 spiro atoms. The third kappa shape index (κ3) is 8.33. The van der Waals surface area contributed by atoms with Crippen LogP contribution in [0.5, 0.6) is 11.5 Å². The van der Waals surface area contributed by atoms with E-state index in [0.717, 1.165) is 51.4 Å². The molecule has 0 bridgehead atoms. The van der Waals surface area contributed by atoms with Crippen LogP contribution in [0.15, 0.2) is 12.3 Å². The van der Waals surface area contributed by atoms with Crippen LogP contribution >= 0.6 is 0 Å². The normalized spacial score (nSPS) is 25.5. The molecule has 2 saturated carbocycles. The van der Waals surface area contributed by atoms with Crippen molar-refractivity contribution in [3.8, 4) is 11.5 Å². The maximum absolute atomic E-state index is 13.3. The van der Waals surface area contributed by atoms with E-state index in [1.807, 2.05) is 0 Å². The van der Waals surface area contributed by atoms with Crippen molar-refractivity contribution < 1.29 is 47.6 Å². The maximum Gasteiger partial charge on any atom is 0.329 e. The number of ether oxygens (including phenoxy) is 6. The van der Waals surface area contributed by atoms with Crippen LogP contribution in [0, 0.1) is 5.92 Å². The zero-order valence-electron chi connectivity index (χ0n) is 24.6. The largest absolute Gasteiger partial charge is 0.493 e. The highest BCUT2D eigenvalue weighted by molar-refractivity contribution is 5.98. The number of amides is 1. The number of hydrogen-bond donors (Lipinski definition) is 1. The lowest BCUT2D eigenvalue weighted by Gasteiger charge is -2.33. The van der Waals surface area contributed by atoms with E-state index in [0.29, 0.717) is 12.8 Å². The van der Waals surface area contributed by atoms with Gasteiger partial charge in [0, 0.05) is 19.2 Å². The SMILES string of the molecule is COc1ccnc(C(=O)N[C@H]2CCC[C@H](OC3CCCC3)[C@@H](OC(=O)C3CCCC3)[C@H](C)OC2=O)c1OCOC(C)=O. The molecule has 0 radical (unpaired) electrons. The molecule has 12 nitrogen and oxygen atoms in total. The Hall–Kier alpha value is -3.41. The first-order chi connectivity index (χ1) is 20.3. The van der Waals surface area contributed by atoms with Crippen LogP contribution in [-0.2, 0) is 33.3 Å². The number of carbonyl (C=O) groups excluding carboxylic acids is 4. The fourth-order valence-corrected chi connectivity index (χ4v) is 5.84. The minimum atomic E-state index is -0.995. The van der Waals surface area contributed by atoms with Crippen molar-refractivity contribution in [1.82, 2.24) is 10.3 Å². The predicted molar refractivity (Wildman–Crippen MR) is 148 cm³/mol. The van der Waals surface area contributed by atoms with Crippen LogP contribution < -0.4 is 14.8 Å². The highest BCUT2D eigenvalue weighted by Gasteiger charge is 2.40. The average Bonchev–Trinajstić information content (AvgIpc) is 3.69. The van der Waals surface area contributed by atoms with Gasteiger partial charge in [0.15, 0.2) is 23.3 Å². The van der Waals surface area contributed by atoms with Crippen molar-refractivity contribution in [2.45, 2.75) is 115 Å². The lowest BCUT2D eigenvalue weighted by atomic mass is 10.0. The molecular weight excluding hydrogens is 548 g/mol. The molecule has 232 valence electrons. The van der Waals surface area contributed by atoms with Gasteiger partial charge in [-0.25, -0.2) is 9.78 Å². The van der Waals surface area contributed by atoms with Crippen LogP contribution in [-0.4, -0.2) is 73.2 Å². The summed E-state index contributed by atoms with van der Waals surface area (Å²) in [6.07, 6.45) is 8.46. The van der Waals surface area contributed by atoms with Crippen LogP contribution in [0.4, 0.5) is 0 Å². The van der Waals surface area contributed by atoms with Gasteiger partial charge in [-0.1, -0.05) is 25.7 Å². The second-order valence-electron chi connectivity index (χ2n) is 11.2. The Bertz CT molecular complexity index is 1100. The van der Waals surface area contributed by atoms with E-state index in [1.54, 1.807) is 6.92 Å². The molecule has 4 atom stereocenters. The van der Waals surface area contributed by atoms with Gasteiger partial charge in [0.2, 0.25) is 6.79 Å². The minimum absolute atomic E-state index is 0.0348. The Labute approximate surface area is 246 Å². The van der Waals surface area contributed by atoms with E-state index >= 15 is 0 Å². The van der Waals surface area contributed by atoms with Gasteiger partial charge in [0.1, 0.15) is 12.1 Å². The molecule has 1 N–H and O–H groups in total. The van der Waals surface area contributed by atoms with E-state index in [1.165, 1.54) is 26.3 Å². The van der Waals surface area contributed by atoms with E-state index in [9.17, 15) is 19.2 Å². The summed E-state index contributed by atoms with van der Waals surface area (Å²) in [6, 6.07) is 0.499. The van der Waals surface area contributed by atoms with E-state index in [-0.39, 0.29) is 41.6 Å². The van der Waals surface area contributed by atoms with Gasteiger partial charge in [-0.3, -0.25) is 14.4 Å². The van der Waals surface area contributed by atoms with Crippen LogP contribution in [0.25, 0.3) is 0 Å². The third-order valence-electron chi connectivity index (χ3n) is 8.08. The van der Waals surface area contributed by atoms with Crippen molar-refractivity contribution in [3.63, 3.8) is 0 Å². The van der Waals surface area contributed by atoms with Gasteiger partial charge in [-0.15, -0.1) is 0 Å². The lowest BCUT2D eigenvalue weighted by molar-refractivity contribution is -0.186. The lowest BCUT2D eigenvalue weighted by Crippen LogP contribution is -2.47. The van der Waals surface area contributed by atoms with Gasteiger partial charge in [-0.05, 0) is 51.9 Å². The molecule has 2 heterocycles. The van der Waals surface area contributed by atoms with Crippen LogP contribution in [0.1, 0.15) is 95.0 Å². The smallest absolute Gasteiger partial charge is 0.329 e. The van der Waals surface area contributed by atoms with Gasteiger partial charge in [0.05, 0.1) is 25.2 Å². The van der Waals surface area contributed by atoms with Gasteiger partial charge in [-0.2, -0.15) is 0 Å². The first kappa shape index (κ1) is 31.5. The number of nitrogens with one attached hydrogen (secondary N) is 1. The standard InChI is InChI=1S/C30H42N2O10/c1-18-26(42-29(35)20-9-4-5-10-20)24(41-21-11-6-7-12-21)14-8-13-22(30(36)40-18)32-28(34)25-27(39-17-38-19(2)33)23(37-3)15-16-31-25/h15-16,18,20-22,24,26H,4-14,17H2,1-3H3,(H,32,34)/t18-,22-,24-,26-/m0/s1. The zero-order chi connectivity index (χ0) is 30.1. The van der Waals surface area contributed by atoms with E-state index in [2.05, 4.69) is 10.3 Å². The van der Waals surface area contributed by atoms with Gasteiger partial charge >= 0.3 is 17.9 Å². The highest BCUT2D eigenvalue weighted by atomic mass is 16.7. The summed E-state index contributed by atoms with van der Waals surface area (Å²) >= 11 is 0. The van der Waals surface area contributed by atoms with Gasteiger partial charge in [0.25, 0.3) is 5.91 Å². The zero-order valence-corrected chi connectivity index (χ0v) is 24.6. The molecule has 1 saturated heterocycles. The van der Waals surface area contributed by atoms with Crippen molar-refractivity contribution in [3.05, 3.63) is 18.0 Å². The van der Waals surface area contributed by atoms with Crippen molar-refractivity contribution in [1.29, 1.82) is 0 Å². The number of rotatable bonds is 10. The summed E-state index contributed by atoms with van der Waals surface area (Å²) in [5.74, 6) is -2.15. The molecular formula is C30H42N2O10. The number of pyridine rings is 1. The minimum Gasteiger partial charge on any atom is -0.493 e. The van der Waals surface area contributed by atoms with Crippen molar-refractivity contribution in [2.24, 2.45) is 5.92 Å². The molecule has 42 heavy (non-hydrogen) atoms. The fourth-order valence-electron chi connectivity index (χ4n) is 5.84. The molecule has 3 fully saturated rings. The monoisotopic (exact) mass is 590 g/mol. The molecule has 3 aliphatic rings. The molecule has 1 amide bonds. The third-order valence-corrected chi connectivity index (χ3v) is 8.08. The molecule has 1 aromatic heterocycles. The number of nitrogens with zero attached hydrogens (tertiary/aromatic N) is 1. The summed E-state index contributed by atoms with van der Waals surface area (Å²) in [6.45, 7) is 2.47. The second kappa shape index (κ2) is 15.2. The Balaban J connectivity index is 1.49. The Morgan fingerprint density at radius 3 is 2.43 bits per heavy atom. The summed E-state index contributed by atoms with van der Waals surface area (Å²) < 4.78 is 33.9. The summed E-state index contributed by atoms with van der Waals surface area (Å²) in [5, 5.41) is 2.71. The maximum atomic E-state index is 13.3. The number of hydrogen-bond acceptors (Lipinski definition) is 11. The number of aromatic nitrogens is 1. The topological polar surface area (TPSA) is 149 Å². The Kier molecular flexibility index (Phi) is 11.4. The second-order valence-corrected chi connectivity index (χ2v) is 11.2. The fraction of sp³-hybridized carbons (Fsp3) is 0.700. The molecule has 12 heteroatoms. The molecule has 4 rings (SSSR count). The summed E-state index contributed by atoms with van der Waals surface area (Å²) in [4.78, 5) is 55.0. The highest BCUT2D eigenvalue weighted by Crippen LogP contribution is 2.32. The van der Waals surface area contributed by atoms with Crippen molar-refractivity contribution in [2.75, 3.05) is 13.9 Å². The van der Waals surface area contributed by atoms with E-state index in [4.69, 9.17) is 28.4 Å². The quantitative estimate of drug-likeness (QED) is 0.242. The summed E-state index contributed by atoms with van der Waals surface area (Å²) in [5.41, 5.74) is -0.145. The van der Waals surface area contributed by atoms with E-state index < -0.39 is 49.0 Å². The molecule has 1 aliphatic heterocycles.